The number of likely N-dealkylation sites (tertiary alicyclic amines) is 1. The van der Waals surface area contributed by atoms with Crippen LogP contribution >= 0.6 is 22.6 Å². The lowest BCUT2D eigenvalue weighted by molar-refractivity contribution is -0.126. The fraction of sp³-hybridized carbons (Fsp3) is 0.192. The summed E-state index contributed by atoms with van der Waals surface area (Å²) in [6.07, 6.45) is 4.67. The van der Waals surface area contributed by atoms with Gasteiger partial charge in [-0.25, -0.2) is 4.98 Å². The number of anilines is 2. The van der Waals surface area contributed by atoms with Gasteiger partial charge in [-0.1, -0.05) is 24.8 Å². The van der Waals surface area contributed by atoms with E-state index in [1.807, 2.05) is 54.6 Å². The maximum atomic E-state index is 11.9. The summed E-state index contributed by atoms with van der Waals surface area (Å²) in [6.45, 7) is 4.89. The highest BCUT2D eigenvalue weighted by Crippen LogP contribution is 2.31. The Bertz CT molecular complexity index is 1190. The summed E-state index contributed by atoms with van der Waals surface area (Å²) in [5.41, 5.74) is 8.64. The fourth-order valence-corrected chi connectivity index (χ4v) is 4.50. The highest BCUT2D eigenvalue weighted by molar-refractivity contribution is 14.1. The van der Waals surface area contributed by atoms with Crippen LogP contribution in [0, 0.1) is 8.98 Å². The average molecular weight is 567 g/mol. The first-order chi connectivity index (χ1) is 16.5. The monoisotopic (exact) mass is 567 g/mol. The number of nitrogens with zero attached hydrogens (tertiary/aromatic N) is 2. The van der Waals surface area contributed by atoms with Crippen molar-refractivity contribution in [1.29, 1.82) is 5.41 Å². The van der Waals surface area contributed by atoms with Crippen molar-refractivity contribution in [3.8, 4) is 11.5 Å². The molecule has 0 saturated carbocycles. The number of pyridine rings is 1. The molecular weight excluding hydrogens is 541 g/mol. The van der Waals surface area contributed by atoms with Crippen LogP contribution in [0.4, 0.5) is 11.5 Å². The number of rotatable bonds is 7. The molecule has 0 radical (unpaired) electrons. The SMILES string of the molecule is C=CC(=O)N1CCC(Nc2c(I)cnc(N)c2C(=N)c2ccc(Oc3ccccc3)cc2)CC1. The van der Waals surface area contributed by atoms with Crippen molar-refractivity contribution in [3.63, 3.8) is 0 Å². The zero-order valence-corrected chi connectivity index (χ0v) is 20.8. The van der Waals surface area contributed by atoms with E-state index >= 15 is 0 Å². The molecule has 7 nitrogen and oxygen atoms in total. The number of amides is 1. The molecule has 1 amide bonds. The normalized spacial score (nSPS) is 13.9. The minimum Gasteiger partial charge on any atom is -0.457 e. The molecular formula is C26H26IN5O2. The Hall–Kier alpha value is -3.40. The van der Waals surface area contributed by atoms with Crippen LogP contribution in [0.15, 0.2) is 73.4 Å². The van der Waals surface area contributed by atoms with E-state index in [4.69, 9.17) is 15.9 Å². The first-order valence-electron chi connectivity index (χ1n) is 11.0. The van der Waals surface area contributed by atoms with E-state index in [1.54, 1.807) is 11.1 Å². The van der Waals surface area contributed by atoms with Crippen LogP contribution in [0.25, 0.3) is 0 Å². The van der Waals surface area contributed by atoms with Gasteiger partial charge in [-0.3, -0.25) is 10.2 Å². The van der Waals surface area contributed by atoms with Gasteiger partial charge in [0.15, 0.2) is 0 Å². The van der Waals surface area contributed by atoms with E-state index in [0.29, 0.717) is 35.8 Å². The number of nitrogens with one attached hydrogen (secondary N) is 2. The van der Waals surface area contributed by atoms with E-state index < -0.39 is 0 Å². The van der Waals surface area contributed by atoms with E-state index in [0.717, 1.165) is 27.8 Å². The van der Waals surface area contributed by atoms with Crippen LogP contribution in [0.2, 0.25) is 0 Å². The first kappa shape index (κ1) is 23.7. The molecule has 34 heavy (non-hydrogen) atoms. The van der Waals surface area contributed by atoms with Crippen LogP contribution in [0.1, 0.15) is 24.0 Å². The molecule has 2 aromatic carbocycles. The summed E-state index contributed by atoms with van der Waals surface area (Å²) < 4.78 is 6.75. The molecule has 1 aliphatic heterocycles. The van der Waals surface area contributed by atoms with Gasteiger partial charge in [-0.15, -0.1) is 0 Å². The van der Waals surface area contributed by atoms with E-state index in [-0.39, 0.29) is 17.7 Å². The third-order valence-corrected chi connectivity index (χ3v) is 6.58. The van der Waals surface area contributed by atoms with Gasteiger partial charge >= 0.3 is 0 Å². The third kappa shape index (κ3) is 5.39. The van der Waals surface area contributed by atoms with Crippen molar-refractivity contribution in [2.24, 2.45) is 0 Å². The molecule has 1 fully saturated rings. The zero-order chi connectivity index (χ0) is 24.1. The van der Waals surface area contributed by atoms with Gasteiger partial charge in [0.25, 0.3) is 0 Å². The van der Waals surface area contributed by atoms with Gasteiger partial charge in [-0.05, 0) is 77.9 Å². The quantitative estimate of drug-likeness (QED) is 0.210. The van der Waals surface area contributed by atoms with E-state index in [1.165, 1.54) is 6.08 Å². The molecule has 2 heterocycles. The van der Waals surface area contributed by atoms with Crippen molar-refractivity contribution < 1.29 is 9.53 Å². The summed E-state index contributed by atoms with van der Waals surface area (Å²) in [5.74, 6) is 1.71. The lowest BCUT2D eigenvalue weighted by atomic mass is 9.99. The summed E-state index contributed by atoms with van der Waals surface area (Å²) in [7, 11) is 0. The number of piperidine rings is 1. The van der Waals surface area contributed by atoms with E-state index in [9.17, 15) is 4.79 Å². The van der Waals surface area contributed by atoms with Gasteiger partial charge in [0.1, 0.15) is 17.3 Å². The highest BCUT2D eigenvalue weighted by atomic mass is 127. The molecule has 4 rings (SSSR count). The Morgan fingerprint density at radius 2 is 1.79 bits per heavy atom. The number of nitrogens with two attached hydrogens (primary N) is 1. The topological polar surface area (TPSA) is 104 Å². The summed E-state index contributed by atoms with van der Waals surface area (Å²) in [5, 5.41) is 12.5. The van der Waals surface area contributed by atoms with Crippen molar-refractivity contribution in [2.75, 3.05) is 24.1 Å². The molecule has 0 atom stereocenters. The van der Waals surface area contributed by atoms with Crippen molar-refractivity contribution in [2.45, 2.75) is 18.9 Å². The number of nitrogen functional groups attached to an aromatic ring is 1. The number of benzene rings is 2. The lowest BCUT2D eigenvalue weighted by Gasteiger charge is -2.33. The molecule has 0 aliphatic carbocycles. The van der Waals surface area contributed by atoms with Crippen LogP contribution in [-0.2, 0) is 4.79 Å². The van der Waals surface area contributed by atoms with Crippen LogP contribution in [-0.4, -0.2) is 40.6 Å². The van der Waals surface area contributed by atoms with Crippen LogP contribution < -0.4 is 15.8 Å². The summed E-state index contributed by atoms with van der Waals surface area (Å²) in [4.78, 5) is 18.0. The predicted molar refractivity (Wildman–Crippen MR) is 144 cm³/mol. The number of carbonyl (C=O) groups excluding carboxylic acids is 1. The Balaban J connectivity index is 1.52. The number of para-hydroxylation sites is 1. The Morgan fingerprint density at radius 3 is 2.44 bits per heavy atom. The number of hydrogen-bond donors (Lipinski definition) is 3. The second kappa shape index (κ2) is 10.7. The molecule has 1 aliphatic rings. The molecule has 4 N–H and O–H groups in total. The smallest absolute Gasteiger partial charge is 0.245 e. The zero-order valence-electron chi connectivity index (χ0n) is 18.6. The van der Waals surface area contributed by atoms with Crippen molar-refractivity contribution in [3.05, 3.63) is 88.1 Å². The minimum atomic E-state index is -0.0386. The number of carbonyl (C=O) groups is 1. The summed E-state index contributed by atoms with van der Waals surface area (Å²) >= 11 is 2.21. The van der Waals surface area contributed by atoms with Gasteiger partial charge in [0.05, 0.1) is 20.5 Å². The molecule has 1 saturated heterocycles. The predicted octanol–water partition coefficient (Wildman–Crippen LogP) is 5.07. The van der Waals surface area contributed by atoms with Crippen LogP contribution in [0.5, 0.6) is 11.5 Å². The standard InChI is InChI=1S/C26H26IN5O2/c1-2-22(33)32-14-12-18(13-15-32)31-25-21(27)16-30-26(29)23(25)24(28)17-8-10-20(11-9-17)34-19-6-4-3-5-7-19/h2-11,16,18,28H,1,12-15H2,(H3,29,30,31). The number of halogens is 1. The first-order valence-corrected chi connectivity index (χ1v) is 12.1. The molecule has 174 valence electrons. The molecule has 0 bridgehead atoms. The number of aromatic nitrogens is 1. The number of ether oxygens (including phenoxy) is 1. The van der Waals surface area contributed by atoms with Gasteiger partial charge in [0.2, 0.25) is 5.91 Å². The van der Waals surface area contributed by atoms with E-state index in [2.05, 4.69) is 39.5 Å². The average Bonchev–Trinajstić information content (AvgIpc) is 2.87. The lowest BCUT2D eigenvalue weighted by Crippen LogP contribution is -2.42. The van der Waals surface area contributed by atoms with Gasteiger partial charge in [-0.2, -0.15) is 0 Å². The second-order valence-corrected chi connectivity index (χ2v) is 9.17. The Kier molecular flexibility index (Phi) is 7.46. The second-order valence-electron chi connectivity index (χ2n) is 8.00. The van der Waals surface area contributed by atoms with Crippen molar-refractivity contribution in [1.82, 2.24) is 9.88 Å². The molecule has 1 aromatic heterocycles. The van der Waals surface area contributed by atoms with Gasteiger partial charge < -0.3 is 20.7 Å². The van der Waals surface area contributed by atoms with Crippen molar-refractivity contribution >= 4 is 45.7 Å². The highest BCUT2D eigenvalue weighted by Gasteiger charge is 2.25. The Morgan fingerprint density at radius 1 is 1.15 bits per heavy atom. The fourth-order valence-electron chi connectivity index (χ4n) is 3.93. The molecule has 0 spiro atoms. The molecule has 0 unspecified atom stereocenters. The molecule has 3 aromatic rings. The van der Waals surface area contributed by atoms with Crippen LogP contribution in [0.3, 0.4) is 0 Å². The number of hydrogen-bond acceptors (Lipinski definition) is 6. The van der Waals surface area contributed by atoms with Gasteiger partial charge in [0, 0.05) is 30.9 Å². The minimum absolute atomic E-state index is 0.0386. The third-order valence-electron chi connectivity index (χ3n) is 5.76. The maximum absolute atomic E-state index is 11.9. The molecule has 8 heteroatoms. The summed E-state index contributed by atoms with van der Waals surface area (Å²) in [6, 6.07) is 17.1. The maximum Gasteiger partial charge on any atom is 0.245 e. The largest absolute Gasteiger partial charge is 0.457 e. The Labute approximate surface area is 212 Å².